The number of pyridine rings is 1. The number of hydrogen-bond donors (Lipinski definition) is 2. The zero-order valence-electron chi connectivity index (χ0n) is 20.9. The number of halogens is 6. The summed E-state index contributed by atoms with van der Waals surface area (Å²) in [6.07, 6.45) is -8.23. The highest BCUT2D eigenvalue weighted by Crippen LogP contribution is 2.42. The molecule has 17 heteroatoms. The van der Waals surface area contributed by atoms with Crippen LogP contribution in [0.2, 0.25) is 0 Å². The molecule has 0 aliphatic carbocycles. The molecule has 0 bridgehead atoms. The van der Waals surface area contributed by atoms with Gasteiger partial charge in [-0.25, -0.2) is 10.1 Å². The van der Waals surface area contributed by atoms with Gasteiger partial charge in [0, 0.05) is 31.9 Å². The fourth-order valence-corrected chi connectivity index (χ4v) is 4.51. The van der Waals surface area contributed by atoms with Gasteiger partial charge in [-0.2, -0.15) is 36.7 Å². The molecule has 11 nitrogen and oxygen atoms in total. The summed E-state index contributed by atoms with van der Waals surface area (Å²) in [6, 6.07) is 0.513. The number of nitrogens with zero attached hydrogens (tertiary/aromatic N) is 5. The molecule has 2 aliphatic rings. The van der Waals surface area contributed by atoms with Gasteiger partial charge in [-0.05, 0) is 6.92 Å². The van der Waals surface area contributed by atoms with Crippen LogP contribution >= 0.6 is 0 Å². The Kier molecular flexibility index (Phi) is 8.10. The molecule has 216 valence electrons. The molecule has 40 heavy (non-hydrogen) atoms. The fourth-order valence-electron chi connectivity index (χ4n) is 4.51. The number of H-pyrrole nitrogens is 1. The van der Waals surface area contributed by atoms with Crippen LogP contribution in [0.5, 0.6) is 5.75 Å². The van der Waals surface area contributed by atoms with E-state index in [9.17, 15) is 41.2 Å². The largest absolute Gasteiger partial charge is 0.486 e. The van der Waals surface area contributed by atoms with Crippen LogP contribution in [-0.4, -0.2) is 77.5 Å². The minimum absolute atomic E-state index is 0.0248. The van der Waals surface area contributed by atoms with Gasteiger partial charge in [0.2, 0.25) is 5.91 Å². The Morgan fingerprint density at radius 2 is 2.02 bits per heavy atom. The van der Waals surface area contributed by atoms with Crippen molar-refractivity contribution in [3.05, 3.63) is 39.4 Å². The molecule has 0 aromatic carbocycles. The SMILES string of the molecule is C[C@@H](COCCC(=O)N1CCN2c3ncc(C(F)(F)F)c(C#N)c3OC[C@H]2C1)Nc1cn[nH]c(=O)c1C(F)(F)F. The molecule has 2 N–H and O–H groups in total. The second-order valence-corrected chi connectivity index (χ2v) is 9.16. The number of rotatable bonds is 7. The first-order valence-corrected chi connectivity index (χ1v) is 12.0. The average molecular weight is 575 g/mol. The minimum atomic E-state index is -4.89. The van der Waals surface area contributed by atoms with E-state index in [1.54, 1.807) is 21.0 Å². The van der Waals surface area contributed by atoms with Crippen molar-refractivity contribution < 1.29 is 40.6 Å². The molecule has 2 aromatic rings. The average Bonchev–Trinajstić information content (AvgIpc) is 2.88. The van der Waals surface area contributed by atoms with E-state index in [2.05, 4.69) is 15.4 Å². The summed E-state index contributed by atoms with van der Waals surface area (Å²) >= 11 is 0. The lowest BCUT2D eigenvalue weighted by atomic mass is 10.1. The molecule has 4 heterocycles. The number of ether oxygens (including phenoxy) is 2. The highest BCUT2D eigenvalue weighted by molar-refractivity contribution is 5.77. The first-order chi connectivity index (χ1) is 18.8. The van der Waals surface area contributed by atoms with Crippen LogP contribution in [0, 0.1) is 11.3 Å². The second kappa shape index (κ2) is 11.2. The Morgan fingerprint density at radius 1 is 1.27 bits per heavy atom. The minimum Gasteiger partial charge on any atom is -0.486 e. The number of nitriles is 1. The van der Waals surface area contributed by atoms with Crippen LogP contribution in [0.25, 0.3) is 0 Å². The summed E-state index contributed by atoms with van der Waals surface area (Å²) in [6.45, 7) is 2.10. The molecule has 2 aromatic heterocycles. The van der Waals surface area contributed by atoms with Gasteiger partial charge in [0.1, 0.15) is 23.8 Å². The van der Waals surface area contributed by atoms with E-state index in [-0.39, 0.29) is 63.4 Å². The molecule has 2 aliphatic heterocycles. The van der Waals surface area contributed by atoms with E-state index in [0.29, 0.717) is 6.20 Å². The van der Waals surface area contributed by atoms with Crippen molar-refractivity contribution in [3.63, 3.8) is 0 Å². The van der Waals surface area contributed by atoms with Crippen molar-refractivity contribution in [2.45, 2.75) is 37.8 Å². The topological polar surface area (TPSA) is 136 Å². The molecule has 0 saturated carbocycles. The number of carbonyl (C=O) groups excluding carboxylic acids is 1. The summed E-state index contributed by atoms with van der Waals surface area (Å²) in [5.41, 5.74) is -5.10. The van der Waals surface area contributed by atoms with Gasteiger partial charge in [-0.1, -0.05) is 0 Å². The summed E-state index contributed by atoms with van der Waals surface area (Å²) in [5, 5.41) is 17.0. The summed E-state index contributed by atoms with van der Waals surface area (Å²) in [7, 11) is 0. The lowest BCUT2D eigenvalue weighted by Crippen LogP contribution is -2.58. The van der Waals surface area contributed by atoms with Gasteiger partial charge in [-0.3, -0.25) is 9.59 Å². The second-order valence-electron chi connectivity index (χ2n) is 9.16. The molecule has 0 radical (unpaired) electrons. The predicted octanol–water partition coefficient (Wildman–Crippen LogP) is 2.39. The Hall–Kier alpha value is -4.07. The van der Waals surface area contributed by atoms with Crippen molar-refractivity contribution in [1.29, 1.82) is 5.26 Å². The number of hydrogen-bond acceptors (Lipinski definition) is 9. The highest BCUT2D eigenvalue weighted by atomic mass is 19.4. The zero-order chi connectivity index (χ0) is 29.2. The molecular weight excluding hydrogens is 552 g/mol. The van der Waals surface area contributed by atoms with E-state index in [0.717, 1.165) is 6.20 Å². The molecular formula is C23H23F6N7O4. The van der Waals surface area contributed by atoms with Crippen LogP contribution in [0.3, 0.4) is 0 Å². The smallest absolute Gasteiger partial charge is 0.423 e. The van der Waals surface area contributed by atoms with Crippen molar-refractivity contribution in [1.82, 2.24) is 20.1 Å². The predicted molar refractivity (Wildman–Crippen MR) is 126 cm³/mol. The first kappa shape index (κ1) is 28.9. The number of nitrogens with one attached hydrogen (secondary N) is 2. The summed E-state index contributed by atoms with van der Waals surface area (Å²) in [4.78, 5) is 31.4. The van der Waals surface area contributed by atoms with Gasteiger partial charge < -0.3 is 24.6 Å². The third-order valence-electron chi connectivity index (χ3n) is 6.33. The summed E-state index contributed by atoms with van der Waals surface area (Å²) in [5.74, 6) is -0.382. The number of piperazine rings is 1. The van der Waals surface area contributed by atoms with E-state index >= 15 is 0 Å². The van der Waals surface area contributed by atoms with E-state index in [1.807, 2.05) is 0 Å². The molecule has 4 rings (SSSR count). The number of aromatic nitrogens is 3. The van der Waals surface area contributed by atoms with Gasteiger partial charge in [0.15, 0.2) is 11.6 Å². The fraction of sp³-hybridized carbons (Fsp3) is 0.522. The standard InChI is InChI=1S/C23H23F6N7O4/c1-12(33-16-8-32-34-21(38)18(16)23(27,28)29)10-39-5-2-17(37)35-3-4-36-13(9-35)11-40-19-14(6-30)15(22(24,25)26)7-31-20(19)36/h7-8,12-13H,2-5,9-11H2,1H3,(H2,33,34,38)/t12-,13+/m0/s1. The number of fused-ring (bicyclic) bond motifs is 3. The van der Waals surface area contributed by atoms with Crippen LogP contribution in [0.4, 0.5) is 37.8 Å². The molecule has 0 unspecified atom stereocenters. The molecule has 1 amide bonds. The van der Waals surface area contributed by atoms with Crippen LogP contribution in [-0.2, 0) is 21.9 Å². The van der Waals surface area contributed by atoms with Crippen LogP contribution in [0.15, 0.2) is 17.2 Å². The van der Waals surface area contributed by atoms with Crippen molar-refractivity contribution in [3.8, 4) is 11.8 Å². The third kappa shape index (κ3) is 6.06. The Bertz CT molecular complexity index is 1360. The number of carbonyl (C=O) groups is 1. The normalized spacial score (nSPS) is 17.8. The van der Waals surface area contributed by atoms with Gasteiger partial charge in [0.05, 0.1) is 43.1 Å². The van der Waals surface area contributed by atoms with Crippen LogP contribution in [0.1, 0.15) is 30.0 Å². The van der Waals surface area contributed by atoms with Gasteiger partial charge in [0.25, 0.3) is 5.56 Å². The van der Waals surface area contributed by atoms with Crippen LogP contribution < -0.4 is 20.5 Å². The van der Waals surface area contributed by atoms with E-state index in [4.69, 9.17) is 9.47 Å². The Morgan fingerprint density at radius 3 is 2.70 bits per heavy atom. The number of amides is 1. The number of aromatic amines is 1. The molecule has 1 saturated heterocycles. The lowest BCUT2D eigenvalue weighted by Gasteiger charge is -2.45. The first-order valence-electron chi connectivity index (χ1n) is 12.0. The maximum absolute atomic E-state index is 13.2. The Labute approximate surface area is 222 Å². The zero-order valence-corrected chi connectivity index (χ0v) is 20.9. The maximum Gasteiger partial charge on any atom is 0.423 e. The Balaban J connectivity index is 1.28. The highest BCUT2D eigenvalue weighted by Gasteiger charge is 2.41. The van der Waals surface area contributed by atoms with Gasteiger partial charge in [-0.15, -0.1) is 0 Å². The van der Waals surface area contributed by atoms with E-state index < -0.39 is 52.4 Å². The van der Waals surface area contributed by atoms with E-state index in [1.165, 1.54) is 6.92 Å². The molecule has 1 fully saturated rings. The molecule has 2 atom stereocenters. The van der Waals surface area contributed by atoms with Crippen molar-refractivity contribution in [2.24, 2.45) is 0 Å². The third-order valence-corrected chi connectivity index (χ3v) is 6.33. The monoisotopic (exact) mass is 575 g/mol. The molecule has 0 spiro atoms. The number of alkyl halides is 6. The summed E-state index contributed by atoms with van der Waals surface area (Å²) < 4.78 is 90.2. The van der Waals surface area contributed by atoms with Crippen molar-refractivity contribution in [2.75, 3.05) is 49.7 Å². The lowest BCUT2D eigenvalue weighted by molar-refractivity contribution is -0.139. The maximum atomic E-state index is 13.2. The quantitative estimate of drug-likeness (QED) is 0.377. The van der Waals surface area contributed by atoms with Crippen molar-refractivity contribution >= 4 is 17.4 Å². The number of anilines is 2. The van der Waals surface area contributed by atoms with Gasteiger partial charge >= 0.3 is 12.4 Å².